The molecule has 1 amide bonds. The average molecular weight is 379 g/mol. The number of alkyl halides is 2. The fourth-order valence-electron chi connectivity index (χ4n) is 3.05. The van der Waals surface area contributed by atoms with Gasteiger partial charge in [0.25, 0.3) is 0 Å². The number of methoxy groups -OCH3 is 1. The Hall–Kier alpha value is -2.41. The van der Waals surface area contributed by atoms with Crippen LogP contribution in [0.15, 0.2) is 35.7 Å². The molecule has 2 aromatic rings. The van der Waals surface area contributed by atoms with Crippen molar-refractivity contribution < 1.29 is 23.0 Å². The first-order valence-electron chi connectivity index (χ1n) is 8.17. The highest BCUT2D eigenvalue weighted by molar-refractivity contribution is 7.10. The van der Waals surface area contributed by atoms with E-state index in [-0.39, 0.29) is 23.4 Å². The summed E-state index contributed by atoms with van der Waals surface area (Å²) in [6, 6.07) is 6.66. The van der Waals surface area contributed by atoms with Gasteiger partial charge in [-0.3, -0.25) is 4.79 Å². The lowest BCUT2D eigenvalue weighted by Gasteiger charge is -2.32. The number of fused-ring (bicyclic) bond motifs is 1. The van der Waals surface area contributed by atoms with Crippen LogP contribution in [-0.2, 0) is 11.2 Å². The van der Waals surface area contributed by atoms with E-state index >= 15 is 0 Å². The highest BCUT2D eigenvalue weighted by atomic mass is 32.1. The van der Waals surface area contributed by atoms with Crippen LogP contribution >= 0.6 is 11.3 Å². The van der Waals surface area contributed by atoms with Gasteiger partial charge < -0.3 is 14.4 Å². The third kappa shape index (κ3) is 3.88. The van der Waals surface area contributed by atoms with Crippen molar-refractivity contribution in [1.29, 1.82) is 0 Å². The molecule has 1 aliphatic heterocycles. The Bertz CT molecular complexity index is 819. The van der Waals surface area contributed by atoms with Crippen molar-refractivity contribution in [2.75, 3.05) is 13.7 Å². The van der Waals surface area contributed by atoms with Crippen molar-refractivity contribution in [3.63, 3.8) is 0 Å². The molecule has 7 heteroatoms. The van der Waals surface area contributed by atoms with Gasteiger partial charge in [0.2, 0.25) is 5.91 Å². The molecule has 0 aliphatic carbocycles. The van der Waals surface area contributed by atoms with E-state index < -0.39 is 6.61 Å². The van der Waals surface area contributed by atoms with E-state index in [1.54, 1.807) is 29.5 Å². The second kappa shape index (κ2) is 7.86. The summed E-state index contributed by atoms with van der Waals surface area (Å²) in [6.45, 7) is -0.215. The molecule has 0 saturated heterocycles. The first kappa shape index (κ1) is 18.4. The predicted octanol–water partition coefficient (Wildman–Crippen LogP) is 4.52. The number of halogens is 2. The molecule has 1 aromatic heterocycles. The molecule has 2 heterocycles. The third-order valence-electron chi connectivity index (χ3n) is 4.38. The number of benzene rings is 1. The number of carbonyl (C=O) groups is 1. The highest BCUT2D eigenvalue weighted by Crippen LogP contribution is 2.33. The van der Waals surface area contributed by atoms with Crippen molar-refractivity contribution in [3.05, 3.63) is 51.7 Å². The monoisotopic (exact) mass is 379 g/mol. The summed E-state index contributed by atoms with van der Waals surface area (Å²) >= 11 is 1.73. The average Bonchev–Trinajstić information content (AvgIpc) is 3.10. The number of nitrogens with zero attached hydrogens (tertiary/aromatic N) is 1. The maximum atomic E-state index is 12.6. The van der Waals surface area contributed by atoms with E-state index in [2.05, 4.69) is 16.2 Å². The number of thiophene rings is 1. The van der Waals surface area contributed by atoms with Crippen molar-refractivity contribution in [3.8, 4) is 11.5 Å². The lowest BCUT2D eigenvalue weighted by atomic mass is 10.0. The molecule has 0 N–H and O–H groups in total. The Morgan fingerprint density at radius 1 is 1.35 bits per heavy atom. The van der Waals surface area contributed by atoms with Gasteiger partial charge in [-0.1, -0.05) is 6.07 Å². The summed E-state index contributed by atoms with van der Waals surface area (Å²) < 4.78 is 34.2. The molecule has 1 aliphatic rings. The van der Waals surface area contributed by atoms with Gasteiger partial charge in [0.05, 0.1) is 13.2 Å². The van der Waals surface area contributed by atoms with Crippen molar-refractivity contribution in [2.24, 2.45) is 0 Å². The maximum absolute atomic E-state index is 12.6. The first-order chi connectivity index (χ1) is 12.5. The summed E-state index contributed by atoms with van der Waals surface area (Å²) in [5.41, 5.74) is 1.87. The summed E-state index contributed by atoms with van der Waals surface area (Å²) in [5, 5.41) is 2.06. The van der Waals surface area contributed by atoms with Crippen LogP contribution in [0.1, 0.15) is 29.0 Å². The van der Waals surface area contributed by atoms with Gasteiger partial charge in [-0.15, -0.1) is 11.3 Å². The first-order valence-corrected chi connectivity index (χ1v) is 9.05. The van der Waals surface area contributed by atoms with E-state index in [1.165, 1.54) is 29.7 Å². The largest absolute Gasteiger partial charge is 0.493 e. The van der Waals surface area contributed by atoms with Crippen LogP contribution in [-0.4, -0.2) is 31.1 Å². The molecule has 0 bridgehead atoms. The van der Waals surface area contributed by atoms with E-state index in [9.17, 15) is 13.6 Å². The molecule has 0 radical (unpaired) electrons. The lowest BCUT2D eigenvalue weighted by Crippen LogP contribution is -2.37. The van der Waals surface area contributed by atoms with Crippen LogP contribution < -0.4 is 9.47 Å². The zero-order valence-corrected chi connectivity index (χ0v) is 15.3. The molecule has 26 heavy (non-hydrogen) atoms. The minimum absolute atomic E-state index is 0.0403. The summed E-state index contributed by atoms with van der Waals surface area (Å²) in [4.78, 5) is 15.7. The molecule has 3 rings (SSSR count). The number of amides is 1. The second-order valence-corrected chi connectivity index (χ2v) is 6.88. The highest BCUT2D eigenvalue weighted by Gasteiger charge is 2.27. The number of hydrogen-bond donors (Lipinski definition) is 0. The Labute approximate surface area is 154 Å². The number of ether oxygens (including phenoxy) is 2. The predicted molar refractivity (Wildman–Crippen MR) is 96.8 cm³/mol. The van der Waals surface area contributed by atoms with Crippen LogP contribution in [0.5, 0.6) is 11.5 Å². The molecule has 0 spiro atoms. The Balaban J connectivity index is 1.72. The van der Waals surface area contributed by atoms with E-state index in [4.69, 9.17) is 4.74 Å². The van der Waals surface area contributed by atoms with E-state index in [0.717, 1.165) is 6.42 Å². The van der Waals surface area contributed by atoms with Crippen LogP contribution in [0, 0.1) is 0 Å². The molecule has 1 aromatic carbocycles. The summed E-state index contributed by atoms with van der Waals surface area (Å²) in [6.07, 6.45) is 4.01. The maximum Gasteiger partial charge on any atom is 0.387 e. The smallest absolute Gasteiger partial charge is 0.387 e. The molecule has 1 atom stereocenters. The number of hydrogen-bond acceptors (Lipinski definition) is 4. The van der Waals surface area contributed by atoms with Gasteiger partial charge in [0.15, 0.2) is 11.5 Å². The van der Waals surface area contributed by atoms with Crippen LogP contribution in [0.25, 0.3) is 6.08 Å². The van der Waals surface area contributed by atoms with Crippen LogP contribution in [0.4, 0.5) is 8.78 Å². The van der Waals surface area contributed by atoms with Crippen LogP contribution in [0.3, 0.4) is 0 Å². The van der Waals surface area contributed by atoms with Crippen molar-refractivity contribution in [2.45, 2.75) is 26.0 Å². The normalized spacial score (nSPS) is 16.8. The number of rotatable bonds is 5. The van der Waals surface area contributed by atoms with Gasteiger partial charge in [0, 0.05) is 17.5 Å². The number of carbonyl (C=O) groups excluding carboxylic acids is 1. The third-order valence-corrected chi connectivity index (χ3v) is 5.38. The zero-order valence-electron chi connectivity index (χ0n) is 14.4. The fourth-order valence-corrected chi connectivity index (χ4v) is 4.02. The van der Waals surface area contributed by atoms with Gasteiger partial charge in [-0.2, -0.15) is 8.78 Å². The minimum Gasteiger partial charge on any atom is -0.493 e. The molecule has 0 saturated carbocycles. The fraction of sp³-hybridized carbons (Fsp3) is 0.316. The van der Waals surface area contributed by atoms with E-state index in [0.29, 0.717) is 12.1 Å². The van der Waals surface area contributed by atoms with Crippen molar-refractivity contribution >= 4 is 23.3 Å². The molecular weight excluding hydrogens is 360 g/mol. The van der Waals surface area contributed by atoms with Gasteiger partial charge in [0.1, 0.15) is 0 Å². The SMILES string of the molecule is COc1cc(/C=C/C(=O)N2CCc3sccc3C2C)ccc1OC(F)F. The standard InChI is InChI=1S/C19H19F2NO3S/c1-12-14-8-10-26-17(14)7-9-22(12)18(23)6-4-13-3-5-15(25-19(20)21)16(11-13)24-2/h3-6,8,10-12,19H,7,9H2,1-2H3/b6-4+. The van der Waals surface area contributed by atoms with Gasteiger partial charge in [-0.25, -0.2) is 0 Å². The minimum atomic E-state index is -2.92. The Morgan fingerprint density at radius 3 is 2.88 bits per heavy atom. The summed E-state index contributed by atoms with van der Waals surface area (Å²) in [5.74, 6) is 0.0657. The summed E-state index contributed by atoms with van der Waals surface area (Å²) in [7, 11) is 1.38. The molecule has 138 valence electrons. The zero-order chi connectivity index (χ0) is 18.7. The van der Waals surface area contributed by atoms with Gasteiger partial charge >= 0.3 is 6.61 Å². The van der Waals surface area contributed by atoms with Crippen molar-refractivity contribution in [1.82, 2.24) is 4.90 Å². The quantitative estimate of drug-likeness (QED) is 0.717. The topological polar surface area (TPSA) is 38.8 Å². The second-order valence-electron chi connectivity index (χ2n) is 5.88. The Kier molecular flexibility index (Phi) is 5.56. The lowest BCUT2D eigenvalue weighted by molar-refractivity contribution is -0.128. The molecular formula is C19H19F2NO3S. The molecule has 0 fully saturated rings. The van der Waals surface area contributed by atoms with Gasteiger partial charge in [-0.05, 0) is 54.1 Å². The molecule has 1 unspecified atom stereocenters. The van der Waals surface area contributed by atoms with E-state index in [1.807, 2.05) is 11.8 Å². The van der Waals surface area contributed by atoms with Crippen LogP contribution in [0.2, 0.25) is 0 Å². The Morgan fingerprint density at radius 2 is 2.15 bits per heavy atom. The molecule has 4 nitrogen and oxygen atoms in total.